The first-order valence-corrected chi connectivity index (χ1v) is 10.2. The van der Waals surface area contributed by atoms with Gasteiger partial charge in [-0.2, -0.15) is 5.10 Å². The van der Waals surface area contributed by atoms with Crippen LogP contribution in [0.3, 0.4) is 0 Å². The number of aromatic amines is 1. The monoisotopic (exact) mass is 397 g/mol. The largest absolute Gasteiger partial charge is 0.442 e. The fourth-order valence-corrected chi connectivity index (χ4v) is 3.97. The molecule has 2 amide bonds. The van der Waals surface area contributed by atoms with Crippen LogP contribution in [0.15, 0.2) is 18.2 Å². The van der Waals surface area contributed by atoms with Gasteiger partial charge >= 0.3 is 6.09 Å². The summed E-state index contributed by atoms with van der Waals surface area (Å²) in [5, 5.41) is 13.8. The molecule has 2 heterocycles. The smallest absolute Gasteiger partial charge is 0.414 e. The van der Waals surface area contributed by atoms with Crippen LogP contribution >= 0.6 is 0 Å². The molecule has 0 unspecified atom stereocenters. The maximum absolute atomic E-state index is 12.3. The second-order valence-corrected chi connectivity index (χ2v) is 7.60. The van der Waals surface area contributed by atoms with Crippen LogP contribution < -0.4 is 15.5 Å². The summed E-state index contributed by atoms with van der Waals surface area (Å²) >= 11 is 0. The molecule has 8 heteroatoms. The highest BCUT2D eigenvalue weighted by atomic mass is 16.6. The predicted octanol–water partition coefficient (Wildman–Crippen LogP) is 2.85. The number of cyclic esters (lactones) is 1. The van der Waals surface area contributed by atoms with Gasteiger partial charge < -0.3 is 15.4 Å². The van der Waals surface area contributed by atoms with Crippen LogP contribution in [0.2, 0.25) is 0 Å². The number of aromatic nitrogens is 2. The van der Waals surface area contributed by atoms with Gasteiger partial charge in [-0.25, -0.2) is 4.79 Å². The van der Waals surface area contributed by atoms with Crippen LogP contribution in [0.1, 0.15) is 37.8 Å². The number of nitrogens with zero attached hydrogens (tertiary/aromatic N) is 2. The number of H-pyrrole nitrogens is 1. The Kier molecular flexibility index (Phi) is 5.42. The van der Waals surface area contributed by atoms with Crippen LogP contribution in [0.25, 0.3) is 11.3 Å². The number of hydrogen-bond acceptors (Lipinski definition) is 5. The van der Waals surface area contributed by atoms with E-state index >= 15 is 0 Å². The molecule has 1 aliphatic heterocycles. The van der Waals surface area contributed by atoms with E-state index in [1.54, 1.807) is 4.90 Å². The van der Waals surface area contributed by atoms with Crippen LogP contribution in [0, 0.1) is 0 Å². The number of fused-ring (bicyclic) bond motifs is 3. The highest BCUT2D eigenvalue weighted by Crippen LogP contribution is 2.36. The molecule has 0 saturated carbocycles. The molecule has 1 aromatic carbocycles. The Morgan fingerprint density at radius 1 is 1.38 bits per heavy atom. The lowest BCUT2D eigenvalue weighted by Crippen LogP contribution is -2.33. The van der Waals surface area contributed by atoms with Gasteiger partial charge in [-0.1, -0.05) is 13.0 Å². The van der Waals surface area contributed by atoms with E-state index in [4.69, 9.17) is 4.74 Å². The number of hydrogen-bond donors (Lipinski definition) is 3. The van der Waals surface area contributed by atoms with Crippen molar-refractivity contribution in [1.82, 2.24) is 15.5 Å². The molecule has 1 aromatic heterocycles. The van der Waals surface area contributed by atoms with Gasteiger partial charge in [0.05, 0.1) is 18.8 Å². The predicted molar refractivity (Wildman–Crippen MR) is 111 cm³/mol. The molecule has 1 atom stereocenters. The Morgan fingerprint density at radius 2 is 2.24 bits per heavy atom. The summed E-state index contributed by atoms with van der Waals surface area (Å²) in [7, 11) is 0. The summed E-state index contributed by atoms with van der Waals surface area (Å²) < 4.78 is 5.39. The van der Waals surface area contributed by atoms with Crippen LogP contribution in [0.4, 0.5) is 16.3 Å². The minimum Gasteiger partial charge on any atom is -0.442 e. The van der Waals surface area contributed by atoms with Crippen LogP contribution in [-0.2, 0) is 22.4 Å². The molecule has 8 nitrogen and oxygen atoms in total. The zero-order chi connectivity index (χ0) is 20.4. The number of amides is 2. The quantitative estimate of drug-likeness (QED) is 0.696. The number of nitrogens with one attached hydrogen (secondary N) is 3. The molecule has 3 N–H and O–H groups in total. The highest BCUT2D eigenvalue weighted by molar-refractivity contribution is 5.90. The van der Waals surface area contributed by atoms with Gasteiger partial charge in [0.15, 0.2) is 5.82 Å². The van der Waals surface area contributed by atoms with Gasteiger partial charge in [0.2, 0.25) is 5.91 Å². The second kappa shape index (κ2) is 8.14. The Labute approximate surface area is 170 Å². The Balaban J connectivity index is 1.56. The summed E-state index contributed by atoms with van der Waals surface area (Å²) in [4.78, 5) is 25.1. The number of ether oxygens (including phenoxy) is 1. The average molecular weight is 397 g/mol. The van der Waals surface area contributed by atoms with Gasteiger partial charge in [0, 0.05) is 30.3 Å². The first kappa shape index (κ1) is 19.3. The topological polar surface area (TPSA) is 99.4 Å². The molecular weight excluding hydrogens is 370 g/mol. The fourth-order valence-electron chi connectivity index (χ4n) is 3.97. The molecule has 0 spiro atoms. The van der Waals surface area contributed by atoms with Crippen molar-refractivity contribution in [2.45, 2.75) is 45.6 Å². The normalized spacial score (nSPS) is 17.9. The molecule has 29 heavy (non-hydrogen) atoms. The molecule has 2 aromatic rings. The summed E-state index contributed by atoms with van der Waals surface area (Å²) in [6.45, 7) is 5.25. The van der Waals surface area contributed by atoms with Crippen molar-refractivity contribution in [3.63, 3.8) is 0 Å². The number of rotatable bonds is 6. The molecule has 1 saturated heterocycles. The van der Waals surface area contributed by atoms with E-state index in [0.717, 1.165) is 55.0 Å². The van der Waals surface area contributed by atoms with Crippen molar-refractivity contribution in [1.29, 1.82) is 0 Å². The van der Waals surface area contributed by atoms with Crippen LogP contribution in [0.5, 0.6) is 0 Å². The standard InChI is InChI=1S/C21H27N5O3/c1-3-9-22-20-18-6-4-5-14-10-15(7-8-17(14)19(18)24-25-20)26-12-16(29-21(26)28)11-23-13(2)27/h7-8,10,16H,3-6,9,11-12H2,1-2H3,(H,23,27)(H2,22,24,25)/t16-/m0/s1. The Hall–Kier alpha value is -3.03. The first-order chi connectivity index (χ1) is 14.1. The zero-order valence-electron chi connectivity index (χ0n) is 16.9. The van der Waals surface area contributed by atoms with Crippen molar-refractivity contribution in [3.8, 4) is 11.3 Å². The maximum atomic E-state index is 12.3. The van der Waals surface area contributed by atoms with E-state index in [1.165, 1.54) is 18.1 Å². The Morgan fingerprint density at radius 3 is 3.03 bits per heavy atom. The van der Waals surface area contributed by atoms with Crippen molar-refractivity contribution in [2.24, 2.45) is 0 Å². The minimum atomic E-state index is -0.373. The molecule has 154 valence electrons. The minimum absolute atomic E-state index is 0.132. The lowest BCUT2D eigenvalue weighted by molar-refractivity contribution is -0.119. The van der Waals surface area contributed by atoms with Gasteiger partial charge in [-0.15, -0.1) is 0 Å². The lowest BCUT2D eigenvalue weighted by Gasteiger charge is -2.16. The van der Waals surface area contributed by atoms with Crippen LogP contribution in [-0.4, -0.2) is 47.9 Å². The van der Waals surface area contributed by atoms with Gasteiger partial charge in [-0.05, 0) is 43.4 Å². The molecule has 4 rings (SSSR count). The van der Waals surface area contributed by atoms with E-state index in [9.17, 15) is 9.59 Å². The fraction of sp³-hybridized carbons (Fsp3) is 0.476. The molecule has 1 fully saturated rings. The zero-order valence-corrected chi connectivity index (χ0v) is 16.9. The highest BCUT2D eigenvalue weighted by Gasteiger charge is 2.33. The summed E-state index contributed by atoms with van der Waals surface area (Å²) in [6.07, 6.45) is 3.28. The number of aryl methyl sites for hydroxylation is 1. The SMILES string of the molecule is CCCNc1n[nH]c2c1CCCc1cc(N3C[C@H](CNC(C)=O)OC3=O)ccc1-2. The Bertz CT molecular complexity index is 923. The third kappa shape index (κ3) is 3.92. The van der Waals surface area contributed by atoms with E-state index < -0.39 is 0 Å². The van der Waals surface area contributed by atoms with E-state index in [0.29, 0.717) is 13.1 Å². The number of carbonyl (C=O) groups is 2. The van der Waals surface area contributed by atoms with Crippen molar-refractivity contribution >= 4 is 23.5 Å². The first-order valence-electron chi connectivity index (χ1n) is 10.2. The number of carbonyl (C=O) groups excluding carboxylic acids is 2. The molecule has 0 radical (unpaired) electrons. The van der Waals surface area contributed by atoms with E-state index in [-0.39, 0.29) is 18.1 Å². The third-order valence-electron chi connectivity index (χ3n) is 5.41. The van der Waals surface area contributed by atoms with Crippen molar-refractivity contribution in [3.05, 3.63) is 29.3 Å². The third-order valence-corrected chi connectivity index (χ3v) is 5.41. The summed E-state index contributed by atoms with van der Waals surface area (Å²) in [6, 6.07) is 6.09. The summed E-state index contributed by atoms with van der Waals surface area (Å²) in [5.41, 5.74) is 5.47. The van der Waals surface area contributed by atoms with Gasteiger partial charge in [0.1, 0.15) is 6.10 Å². The van der Waals surface area contributed by atoms with Crippen molar-refractivity contribution in [2.75, 3.05) is 29.9 Å². The number of benzene rings is 1. The maximum Gasteiger partial charge on any atom is 0.414 e. The average Bonchev–Trinajstić information content (AvgIpc) is 3.22. The molecule has 0 bridgehead atoms. The van der Waals surface area contributed by atoms with E-state index in [2.05, 4.69) is 39.9 Å². The second-order valence-electron chi connectivity index (χ2n) is 7.60. The molecule has 2 aliphatic rings. The molecule has 1 aliphatic carbocycles. The van der Waals surface area contributed by atoms with Gasteiger partial charge in [0.25, 0.3) is 0 Å². The molecular formula is C21H27N5O3. The number of anilines is 2. The summed E-state index contributed by atoms with van der Waals surface area (Å²) in [5.74, 6) is 0.815. The van der Waals surface area contributed by atoms with Gasteiger partial charge in [-0.3, -0.25) is 14.8 Å². The van der Waals surface area contributed by atoms with E-state index in [1.807, 2.05) is 6.07 Å². The lowest BCUT2D eigenvalue weighted by atomic mass is 10.0. The van der Waals surface area contributed by atoms with Crippen molar-refractivity contribution < 1.29 is 14.3 Å².